The summed E-state index contributed by atoms with van der Waals surface area (Å²) in [7, 11) is 0. The Bertz CT molecular complexity index is 902. The predicted octanol–water partition coefficient (Wildman–Crippen LogP) is 1.77. The van der Waals surface area contributed by atoms with Gasteiger partial charge in [0.25, 0.3) is 11.7 Å². The van der Waals surface area contributed by atoms with Gasteiger partial charge >= 0.3 is 0 Å². The maximum Gasteiger partial charge on any atom is 0.291 e. The fraction of sp³-hybridized carbons (Fsp3) is 0.333. The predicted molar refractivity (Wildman–Crippen MR) is 93.4 cm³/mol. The van der Waals surface area contributed by atoms with Gasteiger partial charge in [-0.25, -0.2) is 9.50 Å². The van der Waals surface area contributed by atoms with Crippen LogP contribution in [0.3, 0.4) is 0 Å². The Morgan fingerprint density at radius 2 is 1.96 bits per heavy atom. The summed E-state index contributed by atoms with van der Waals surface area (Å²) < 4.78 is 1.53. The van der Waals surface area contributed by atoms with Gasteiger partial charge < -0.3 is 10.4 Å². The molecule has 0 spiro atoms. The third kappa shape index (κ3) is 3.51. The molecular formula is C18H21N5O2. The molecule has 0 radical (unpaired) electrons. The van der Waals surface area contributed by atoms with E-state index in [1.165, 1.54) is 10.1 Å². The van der Waals surface area contributed by atoms with E-state index in [1.54, 1.807) is 0 Å². The van der Waals surface area contributed by atoms with Crippen molar-refractivity contribution in [1.29, 1.82) is 0 Å². The Kier molecular flexibility index (Phi) is 4.76. The first-order chi connectivity index (χ1) is 12.0. The van der Waals surface area contributed by atoms with Gasteiger partial charge in [-0.3, -0.25) is 4.79 Å². The lowest BCUT2D eigenvalue weighted by atomic mass is 10.0. The zero-order valence-corrected chi connectivity index (χ0v) is 14.5. The number of aliphatic hydroxyl groups is 1. The van der Waals surface area contributed by atoms with Crippen molar-refractivity contribution in [2.75, 3.05) is 6.61 Å². The van der Waals surface area contributed by atoms with Crippen molar-refractivity contribution in [3.8, 4) is 0 Å². The minimum absolute atomic E-state index is 0.0322. The second-order valence-corrected chi connectivity index (χ2v) is 5.99. The van der Waals surface area contributed by atoms with Gasteiger partial charge in [0.2, 0.25) is 5.82 Å². The molecule has 0 saturated carbocycles. The maximum absolute atomic E-state index is 12.5. The number of aryl methyl sites for hydroxylation is 3. The molecule has 0 fully saturated rings. The lowest BCUT2D eigenvalue weighted by molar-refractivity contribution is 0.0906. The number of aliphatic hydroxyl groups excluding tert-OH is 1. The topological polar surface area (TPSA) is 92.4 Å². The molecule has 2 heterocycles. The van der Waals surface area contributed by atoms with Crippen molar-refractivity contribution in [3.05, 3.63) is 58.7 Å². The van der Waals surface area contributed by atoms with E-state index in [-0.39, 0.29) is 12.4 Å². The summed E-state index contributed by atoms with van der Waals surface area (Å²) in [6.45, 7) is 5.61. The minimum atomic E-state index is -0.513. The van der Waals surface area contributed by atoms with Crippen LogP contribution in [0, 0.1) is 13.8 Å². The SMILES string of the molecule is CCc1ccc(C(CO)NC(=O)c2nc3nc(C)cc(C)n3n2)cc1. The van der Waals surface area contributed by atoms with Crippen LogP contribution in [0.25, 0.3) is 5.78 Å². The lowest BCUT2D eigenvalue weighted by Crippen LogP contribution is -2.31. The number of hydrogen-bond donors (Lipinski definition) is 2. The first kappa shape index (κ1) is 17.0. The van der Waals surface area contributed by atoms with Gasteiger partial charge in [-0.2, -0.15) is 4.98 Å². The highest BCUT2D eigenvalue weighted by atomic mass is 16.3. The number of benzene rings is 1. The number of aromatic nitrogens is 4. The Balaban J connectivity index is 1.83. The number of nitrogens with one attached hydrogen (secondary N) is 1. The summed E-state index contributed by atoms with van der Waals surface area (Å²) in [6, 6.07) is 9.15. The largest absolute Gasteiger partial charge is 0.394 e. The van der Waals surface area contributed by atoms with Gasteiger partial charge in [0.1, 0.15) is 0 Å². The molecule has 2 aromatic heterocycles. The summed E-state index contributed by atoms with van der Waals surface area (Å²) in [4.78, 5) is 21.0. The number of nitrogens with zero attached hydrogens (tertiary/aromatic N) is 4. The third-order valence-corrected chi connectivity index (χ3v) is 4.10. The molecular weight excluding hydrogens is 318 g/mol. The molecule has 0 saturated heterocycles. The van der Waals surface area contributed by atoms with Gasteiger partial charge in [-0.05, 0) is 37.5 Å². The summed E-state index contributed by atoms with van der Waals surface area (Å²) >= 11 is 0. The zero-order valence-electron chi connectivity index (χ0n) is 14.5. The van der Waals surface area contributed by atoms with E-state index in [2.05, 4.69) is 27.3 Å². The number of fused-ring (bicyclic) bond motifs is 1. The normalized spacial score (nSPS) is 12.3. The highest BCUT2D eigenvalue weighted by Crippen LogP contribution is 2.15. The zero-order chi connectivity index (χ0) is 18.0. The molecule has 7 heteroatoms. The standard InChI is InChI=1S/C18H21N5O2/c1-4-13-5-7-14(8-6-13)15(10-24)20-17(25)16-21-18-19-11(2)9-12(3)23(18)22-16/h5-9,15,24H,4,10H2,1-3H3,(H,20,25). The Hall–Kier alpha value is -2.80. The molecule has 7 nitrogen and oxygen atoms in total. The van der Waals surface area contributed by atoms with Crippen LogP contribution in [0.4, 0.5) is 0 Å². The summed E-state index contributed by atoms with van der Waals surface area (Å²) in [5.74, 6) is -0.0264. The highest BCUT2D eigenvalue weighted by Gasteiger charge is 2.19. The van der Waals surface area contributed by atoms with Gasteiger partial charge in [-0.15, -0.1) is 5.10 Å². The number of hydrogen-bond acceptors (Lipinski definition) is 5. The average Bonchev–Trinajstić information content (AvgIpc) is 3.04. The second kappa shape index (κ2) is 6.98. The van der Waals surface area contributed by atoms with Crippen LogP contribution < -0.4 is 5.32 Å². The molecule has 0 aliphatic heterocycles. The monoisotopic (exact) mass is 339 g/mol. The van der Waals surface area contributed by atoms with Crippen LogP contribution in [0.15, 0.2) is 30.3 Å². The van der Waals surface area contributed by atoms with Gasteiger partial charge in [0.05, 0.1) is 12.6 Å². The second-order valence-electron chi connectivity index (χ2n) is 5.99. The lowest BCUT2D eigenvalue weighted by Gasteiger charge is -2.16. The molecule has 1 atom stereocenters. The highest BCUT2D eigenvalue weighted by molar-refractivity contribution is 5.91. The average molecular weight is 339 g/mol. The Morgan fingerprint density at radius 1 is 1.24 bits per heavy atom. The summed E-state index contributed by atoms with van der Waals surface area (Å²) in [5.41, 5.74) is 3.70. The first-order valence-electron chi connectivity index (χ1n) is 8.23. The smallest absolute Gasteiger partial charge is 0.291 e. The minimum Gasteiger partial charge on any atom is -0.394 e. The van der Waals surface area contributed by atoms with E-state index >= 15 is 0 Å². The van der Waals surface area contributed by atoms with E-state index in [0.717, 1.165) is 23.4 Å². The van der Waals surface area contributed by atoms with E-state index in [0.29, 0.717) is 5.78 Å². The number of carbonyl (C=O) groups is 1. The van der Waals surface area contributed by atoms with Crippen LogP contribution in [-0.2, 0) is 6.42 Å². The fourth-order valence-corrected chi connectivity index (χ4v) is 2.71. The summed E-state index contributed by atoms with van der Waals surface area (Å²) in [6.07, 6.45) is 0.938. The van der Waals surface area contributed by atoms with Crippen molar-refractivity contribution in [1.82, 2.24) is 24.9 Å². The molecule has 25 heavy (non-hydrogen) atoms. The summed E-state index contributed by atoms with van der Waals surface area (Å²) in [5, 5.41) is 16.6. The maximum atomic E-state index is 12.5. The first-order valence-corrected chi connectivity index (χ1v) is 8.23. The fourth-order valence-electron chi connectivity index (χ4n) is 2.71. The molecule has 2 N–H and O–H groups in total. The third-order valence-electron chi connectivity index (χ3n) is 4.10. The molecule has 1 aromatic carbocycles. The van der Waals surface area contributed by atoms with E-state index < -0.39 is 11.9 Å². The van der Waals surface area contributed by atoms with E-state index in [4.69, 9.17) is 0 Å². The molecule has 3 rings (SSSR count). The van der Waals surface area contributed by atoms with Crippen LogP contribution in [-0.4, -0.2) is 37.2 Å². The Morgan fingerprint density at radius 3 is 2.60 bits per heavy atom. The molecule has 0 aliphatic rings. The molecule has 0 bridgehead atoms. The number of rotatable bonds is 5. The number of amides is 1. The molecule has 1 amide bonds. The van der Waals surface area contributed by atoms with Crippen molar-refractivity contribution in [3.63, 3.8) is 0 Å². The van der Waals surface area contributed by atoms with Crippen LogP contribution in [0.2, 0.25) is 0 Å². The molecule has 1 unspecified atom stereocenters. The van der Waals surface area contributed by atoms with Crippen LogP contribution in [0.1, 0.15) is 46.1 Å². The van der Waals surface area contributed by atoms with Crippen LogP contribution in [0.5, 0.6) is 0 Å². The van der Waals surface area contributed by atoms with Gasteiger partial charge in [-0.1, -0.05) is 31.2 Å². The van der Waals surface area contributed by atoms with Crippen molar-refractivity contribution in [2.45, 2.75) is 33.2 Å². The van der Waals surface area contributed by atoms with E-state index in [9.17, 15) is 9.90 Å². The molecule has 3 aromatic rings. The molecule has 130 valence electrons. The number of carbonyl (C=O) groups excluding carboxylic acids is 1. The van der Waals surface area contributed by atoms with Gasteiger partial charge in [0, 0.05) is 11.4 Å². The van der Waals surface area contributed by atoms with Crippen LogP contribution >= 0.6 is 0 Å². The van der Waals surface area contributed by atoms with Gasteiger partial charge in [0.15, 0.2) is 0 Å². The Labute approximate surface area is 145 Å². The van der Waals surface area contributed by atoms with Crippen molar-refractivity contribution >= 4 is 11.7 Å². The quantitative estimate of drug-likeness (QED) is 0.739. The van der Waals surface area contributed by atoms with Crippen molar-refractivity contribution in [2.24, 2.45) is 0 Å². The molecule has 0 aliphatic carbocycles. The van der Waals surface area contributed by atoms with E-state index in [1.807, 2.05) is 44.2 Å². The van der Waals surface area contributed by atoms with Crippen molar-refractivity contribution < 1.29 is 9.90 Å².